The van der Waals surface area contributed by atoms with E-state index >= 15 is 0 Å². The number of nitrogens with zero attached hydrogens (tertiary/aromatic N) is 1. The molecule has 1 N–H and O–H groups in total. The van der Waals surface area contributed by atoms with Gasteiger partial charge in [0.25, 0.3) is 5.91 Å². The van der Waals surface area contributed by atoms with Crippen LogP contribution in [-0.2, 0) is 16.0 Å². The van der Waals surface area contributed by atoms with E-state index < -0.39 is 0 Å². The number of ether oxygens (including phenoxy) is 1. The summed E-state index contributed by atoms with van der Waals surface area (Å²) in [6.07, 6.45) is 6.08. The summed E-state index contributed by atoms with van der Waals surface area (Å²) in [5.74, 6) is 1.54. The molecule has 0 spiro atoms. The lowest BCUT2D eigenvalue weighted by atomic mass is 9.87. The number of rotatable bonds is 8. The summed E-state index contributed by atoms with van der Waals surface area (Å²) in [5.41, 5.74) is 3.47. The first-order valence-corrected chi connectivity index (χ1v) is 12.4. The van der Waals surface area contributed by atoms with Gasteiger partial charge in [0.05, 0.1) is 6.04 Å². The Kier molecular flexibility index (Phi) is 7.69. The second-order valence-corrected chi connectivity index (χ2v) is 9.76. The van der Waals surface area contributed by atoms with Crippen molar-refractivity contribution in [2.75, 3.05) is 19.7 Å². The summed E-state index contributed by atoms with van der Waals surface area (Å²) in [6.45, 7) is 5.68. The van der Waals surface area contributed by atoms with Crippen molar-refractivity contribution >= 4 is 11.8 Å². The molecule has 0 saturated heterocycles. The van der Waals surface area contributed by atoms with Crippen molar-refractivity contribution in [3.8, 4) is 5.75 Å². The van der Waals surface area contributed by atoms with E-state index in [-0.39, 0.29) is 30.4 Å². The SMILES string of the molecule is CC(C)CCNC(=O)COc1ccc2c(c1)C(c1ccccc1)N(C(=O)C1CCCC1)CC2. The number of fused-ring (bicyclic) bond motifs is 1. The zero-order valence-electron chi connectivity index (χ0n) is 19.9. The van der Waals surface area contributed by atoms with Crippen LogP contribution in [-0.4, -0.2) is 36.4 Å². The second kappa shape index (κ2) is 10.9. The van der Waals surface area contributed by atoms with Gasteiger partial charge in [-0.3, -0.25) is 9.59 Å². The maximum Gasteiger partial charge on any atom is 0.257 e. The minimum Gasteiger partial charge on any atom is -0.484 e. The van der Waals surface area contributed by atoms with E-state index in [9.17, 15) is 9.59 Å². The summed E-state index contributed by atoms with van der Waals surface area (Å²) in [4.78, 5) is 27.7. The fraction of sp³-hybridized carbons (Fsp3) is 0.500. The van der Waals surface area contributed by atoms with E-state index in [1.54, 1.807) is 0 Å². The minimum absolute atomic E-state index is 0.00238. The van der Waals surface area contributed by atoms with Gasteiger partial charge >= 0.3 is 0 Å². The zero-order chi connectivity index (χ0) is 23.2. The van der Waals surface area contributed by atoms with E-state index in [4.69, 9.17) is 4.74 Å². The Hall–Kier alpha value is -2.82. The molecule has 4 rings (SSSR count). The van der Waals surface area contributed by atoms with Crippen LogP contribution in [0.25, 0.3) is 0 Å². The van der Waals surface area contributed by atoms with Crippen LogP contribution < -0.4 is 10.1 Å². The predicted octanol–water partition coefficient (Wildman–Crippen LogP) is 4.89. The highest BCUT2D eigenvalue weighted by Gasteiger charge is 2.36. The van der Waals surface area contributed by atoms with E-state index in [1.165, 1.54) is 5.56 Å². The van der Waals surface area contributed by atoms with Crippen LogP contribution in [0, 0.1) is 11.8 Å². The molecule has 0 bridgehead atoms. The van der Waals surface area contributed by atoms with Crippen molar-refractivity contribution in [3.05, 3.63) is 65.2 Å². The molecule has 0 radical (unpaired) electrons. The van der Waals surface area contributed by atoms with Gasteiger partial charge in [-0.25, -0.2) is 0 Å². The number of benzene rings is 2. The summed E-state index contributed by atoms with van der Waals surface area (Å²) in [7, 11) is 0. The number of carbonyl (C=O) groups excluding carboxylic acids is 2. The normalized spacial score (nSPS) is 18.3. The number of carbonyl (C=O) groups is 2. The van der Waals surface area contributed by atoms with Gasteiger partial charge in [0, 0.05) is 19.0 Å². The molecular formula is C28H36N2O3. The molecule has 2 aromatic rings. The van der Waals surface area contributed by atoms with Crippen LogP contribution in [0.15, 0.2) is 48.5 Å². The van der Waals surface area contributed by atoms with Crippen molar-refractivity contribution in [1.82, 2.24) is 10.2 Å². The Bertz CT molecular complexity index is 951. The molecule has 1 fully saturated rings. The van der Waals surface area contributed by atoms with Gasteiger partial charge in [-0.2, -0.15) is 0 Å². The van der Waals surface area contributed by atoms with Crippen LogP contribution in [0.2, 0.25) is 0 Å². The van der Waals surface area contributed by atoms with E-state index in [1.807, 2.05) is 30.3 Å². The van der Waals surface area contributed by atoms with Gasteiger partial charge in [-0.1, -0.05) is 63.1 Å². The molecule has 1 heterocycles. The Morgan fingerprint density at radius 1 is 1.09 bits per heavy atom. The first kappa shape index (κ1) is 23.3. The summed E-state index contributed by atoms with van der Waals surface area (Å²) >= 11 is 0. The highest BCUT2D eigenvalue weighted by molar-refractivity contribution is 5.80. The van der Waals surface area contributed by atoms with Gasteiger partial charge in [0.2, 0.25) is 5.91 Å². The molecule has 2 amide bonds. The minimum atomic E-state index is -0.119. The van der Waals surface area contributed by atoms with Crippen LogP contribution in [0.5, 0.6) is 5.75 Å². The molecule has 2 aromatic carbocycles. The largest absolute Gasteiger partial charge is 0.484 e. The first-order chi connectivity index (χ1) is 16.0. The molecular weight excluding hydrogens is 412 g/mol. The molecule has 1 saturated carbocycles. The molecule has 5 nitrogen and oxygen atoms in total. The summed E-state index contributed by atoms with van der Waals surface area (Å²) in [6, 6.07) is 16.2. The number of nitrogens with one attached hydrogen (secondary N) is 1. The number of hydrogen-bond acceptors (Lipinski definition) is 3. The van der Waals surface area contributed by atoms with Crippen LogP contribution in [0.3, 0.4) is 0 Å². The lowest BCUT2D eigenvalue weighted by Gasteiger charge is -2.39. The maximum atomic E-state index is 13.5. The molecule has 1 aliphatic heterocycles. The van der Waals surface area contributed by atoms with E-state index in [0.29, 0.717) is 18.2 Å². The van der Waals surface area contributed by atoms with Gasteiger partial charge in [-0.15, -0.1) is 0 Å². The quantitative estimate of drug-likeness (QED) is 0.625. The molecule has 0 aromatic heterocycles. The Morgan fingerprint density at radius 2 is 1.85 bits per heavy atom. The maximum absolute atomic E-state index is 13.5. The molecule has 176 valence electrons. The smallest absolute Gasteiger partial charge is 0.257 e. The third-order valence-electron chi connectivity index (χ3n) is 6.86. The average molecular weight is 449 g/mol. The van der Waals surface area contributed by atoms with Crippen LogP contribution in [0.1, 0.15) is 68.7 Å². The highest BCUT2D eigenvalue weighted by atomic mass is 16.5. The Morgan fingerprint density at radius 3 is 2.58 bits per heavy atom. The van der Waals surface area contributed by atoms with Gasteiger partial charge in [0.1, 0.15) is 5.75 Å². The standard InChI is InChI=1S/C28H36N2O3/c1-20(2)14-16-29-26(31)19-33-24-13-12-21-15-17-30(28(32)23-10-6-7-11-23)27(25(21)18-24)22-8-4-3-5-9-22/h3-5,8-9,12-13,18,20,23,27H,6-7,10-11,14-17,19H2,1-2H3,(H,29,31). The van der Waals surface area contributed by atoms with Crippen molar-refractivity contribution in [3.63, 3.8) is 0 Å². The molecule has 2 aliphatic rings. The second-order valence-electron chi connectivity index (χ2n) is 9.76. The molecule has 33 heavy (non-hydrogen) atoms. The third kappa shape index (κ3) is 5.76. The fourth-order valence-corrected chi connectivity index (χ4v) is 5.02. The van der Waals surface area contributed by atoms with Crippen molar-refractivity contribution < 1.29 is 14.3 Å². The fourth-order valence-electron chi connectivity index (χ4n) is 5.02. The number of hydrogen-bond donors (Lipinski definition) is 1. The summed E-state index contributed by atoms with van der Waals surface area (Å²) < 4.78 is 5.86. The zero-order valence-corrected chi connectivity index (χ0v) is 19.9. The monoisotopic (exact) mass is 448 g/mol. The van der Waals surface area contributed by atoms with E-state index in [0.717, 1.165) is 56.2 Å². The van der Waals surface area contributed by atoms with Gasteiger partial charge in [0.15, 0.2) is 6.61 Å². The topological polar surface area (TPSA) is 58.6 Å². The third-order valence-corrected chi connectivity index (χ3v) is 6.86. The Balaban J connectivity index is 1.54. The van der Waals surface area contributed by atoms with Crippen molar-refractivity contribution in [2.24, 2.45) is 11.8 Å². The lowest BCUT2D eigenvalue weighted by Crippen LogP contribution is -2.43. The van der Waals surface area contributed by atoms with Gasteiger partial charge < -0.3 is 15.0 Å². The van der Waals surface area contributed by atoms with Gasteiger partial charge in [-0.05, 0) is 60.4 Å². The molecule has 1 aliphatic carbocycles. The lowest BCUT2D eigenvalue weighted by molar-refractivity contribution is -0.137. The first-order valence-electron chi connectivity index (χ1n) is 12.4. The molecule has 1 atom stereocenters. The van der Waals surface area contributed by atoms with Crippen molar-refractivity contribution in [1.29, 1.82) is 0 Å². The molecule has 1 unspecified atom stereocenters. The Labute approximate surface area is 197 Å². The van der Waals surface area contributed by atoms with Crippen LogP contribution >= 0.6 is 0 Å². The molecule has 5 heteroatoms. The van der Waals surface area contributed by atoms with Crippen molar-refractivity contribution in [2.45, 2.75) is 58.4 Å². The predicted molar refractivity (Wildman–Crippen MR) is 130 cm³/mol. The number of amides is 2. The average Bonchev–Trinajstić information content (AvgIpc) is 3.37. The summed E-state index contributed by atoms with van der Waals surface area (Å²) in [5, 5.41) is 2.92. The van der Waals surface area contributed by atoms with Crippen LogP contribution in [0.4, 0.5) is 0 Å². The van der Waals surface area contributed by atoms with E-state index in [2.05, 4.69) is 42.3 Å². The highest BCUT2D eigenvalue weighted by Crippen LogP contribution is 2.39.